The maximum atomic E-state index is 13.1. The summed E-state index contributed by atoms with van der Waals surface area (Å²) in [6, 6.07) is 15.7. The molecule has 1 aliphatic rings. The molecular weight excluding hydrogens is 354 g/mol. The second-order valence-corrected chi connectivity index (χ2v) is 6.88. The number of imide groups is 1. The molecule has 1 N–H and O–H groups in total. The van der Waals surface area contributed by atoms with Crippen LogP contribution in [-0.2, 0) is 16.9 Å². The van der Waals surface area contributed by atoms with Gasteiger partial charge in [0.2, 0.25) is 0 Å². The third kappa shape index (κ3) is 2.76. The zero-order valence-electron chi connectivity index (χ0n) is 15.4. The van der Waals surface area contributed by atoms with Crippen LogP contribution < -0.4 is 5.32 Å². The molecule has 0 radical (unpaired) electrons. The number of hydrogen-bond donors (Lipinski definition) is 1. The van der Waals surface area contributed by atoms with Crippen molar-refractivity contribution >= 4 is 23.0 Å². The molecule has 0 unspecified atom stereocenters. The fraction of sp³-hybridized carbons (Fsp3) is 0.190. The summed E-state index contributed by atoms with van der Waals surface area (Å²) < 4.78 is 0. The molecule has 0 saturated carbocycles. The van der Waals surface area contributed by atoms with E-state index in [1.165, 1.54) is 0 Å². The molecule has 0 spiro atoms. The van der Waals surface area contributed by atoms with E-state index in [1.807, 2.05) is 31.2 Å². The number of hydrogen-bond acceptors (Lipinski definition) is 5. The first kappa shape index (κ1) is 17.6. The molecule has 7 nitrogen and oxygen atoms in total. The normalized spacial score (nSPS) is 19.0. The Hall–Kier alpha value is -3.79. The van der Waals surface area contributed by atoms with Crippen molar-refractivity contribution in [3.63, 3.8) is 0 Å². The van der Waals surface area contributed by atoms with Crippen molar-refractivity contribution in [2.24, 2.45) is 0 Å². The number of carbonyl (C=O) groups is 2. The second kappa shape index (κ2) is 6.43. The molecule has 1 fully saturated rings. The van der Waals surface area contributed by atoms with E-state index < -0.39 is 11.6 Å². The highest BCUT2D eigenvalue weighted by atomic mass is 16.2. The Morgan fingerprint density at radius 2 is 1.82 bits per heavy atom. The summed E-state index contributed by atoms with van der Waals surface area (Å²) in [4.78, 5) is 36.0. The van der Waals surface area contributed by atoms with E-state index in [-0.39, 0.29) is 12.5 Å². The number of nitrogens with one attached hydrogen (secondary N) is 1. The molecule has 0 bridgehead atoms. The van der Waals surface area contributed by atoms with Gasteiger partial charge in [-0.05, 0) is 43.7 Å². The smallest absolute Gasteiger partial charge is 0.319 e. The van der Waals surface area contributed by atoms with Crippen molar-refractivity contribution in [2.75, 3.05) is 0 Å². The number of urea groups is 1. The molecule has 4 rings (SSSR count). The topological polar surface area (TPSA) is 99.0 Å². The van der Waals surface area contributed by atoms with Crippen molar-refractivity contribution in [2.45, 2.75) is 25.9 Å². The molecule has 1 atom stereocenters. The lowest BCUT2D eigenvalue weighted by Crippen LogP contribution is -2.40. The molecule has 28 heavy (non-hydrogen) atoms. The zero-order valence-corrected chi connectivity index (χ0v) is 15.4. The monoisotopic (exact) mass is 371 g/mol. The molecular formula is C21H17N5O2. The number of aryl methyl sites for hydroxylation is 1. The number of para-hydroxylation sites is 2. The van der Waals surface area contributed by atoms with Gasteiger partial charge in [-0.1, -0.05) is 24.3 Å². The minimum absolute atomic E-state index is 0.0296. The van der Waals surface area contributed by atoms with Gasteiger partial charge >= 0.3 is 6.03 Å². The van der Waals surface area contributed by atoms with Crippen molar-refractivity contribution in [1.82, 2.24) is 20.2 Å². The summed E-state index contributed by atoms with van der Waals surface area (Å²) in [5.41, 5.74) is 2.46. The lowest BCUT2D eigenvalue weighted by molar-refractivity contribution is -0.131. The quantitative estimate of drug-likeness (QED) is 0.714. The Labute approximate surface area is 161 Å². The number of rotatable bonds is 3. The predicted octanol–water partition coefficient (Wildman–Crippen LogP) is 2.78. The van der Waals surface area contributed by atoms with Crippen LogP contribution in [-0.4, -0.2) is 26.8 Å². The number of nitriles is 1. The minimum atomic E-state index is -1.23. The van der Waals surface area contributed by atoms with E-state index in [1.54, 1.807) is 31.2 Å². The molecule has 138 valence electrons. The number of fused-ring (bicyclic) bond motifs is 1. The average molecular weight is 371 g/mol. The molecule has 3 aromatic rings. The van der Waals surface area contributed by atoms with Gasteiger partial charge in [0.15, 0.2) is 0 Å². The Kier molecular flexibility index (Phi) is 4.04. The first-order chi connectivity index (χ1) is 13.4. The van der Waals surface area contributed by atoms with Gasteiger partial charge in [0.1, 0.15) is 5.54 Å². The zero-order chi connectivity index (χ0) is 19.9. The largest absolute Gasteiger partial charge is 0.325 e. The van der Waals surface area contributed by atoms with Gasteiger partial charge in [0, 0.05) is 0 Å². The number of nitrogens with zero attached hydrogens (tertiary/aromatic N) is 4. The van der Waals surface area contributed by atoms with E-state index in [4.69, 9.17) is 5.26 Å². The van der Waals surface area contributed by atoms with Crippen molar-refractivity contribution in [3.8, 4) is 6.07 Å². The SMILES string of the molecule is Cc1nc2ccccc2nc1CN1C(=O)N[C@@](C)(c2cccc(C#N)c2)C1=O. The highest BCUT2D eigenvalue weighted by molar-refractivity contribution is 6.07. The van der Waals surface area contributed by atoms with Crippen LogP contribution in [0.3, 0.4) is 0 Å². The third-order valence-electron chi connectivity index (χ3n) is 4.99. The van der Waals surface area contributed by atoms with Crippen molar-refractivity contribution in [3.05, 3.63) is 71.0 Å². The minimum Gasteiger partial charge on any atom is -0.319 e. The molecule has 1 aliphatic heterocycles. The van der Waals surface area contributed by atoms with Crippen molar-refractivity contribution < 1.29 is 9.59 Å². The maximum absolute atomic E-state index is 13.1. The van der Waals surface area contributed by atoms with Gasteiger partial charge in [0.05, 0.1) is 40.6 Å². The van der Waals surface area contributed by atoms with E-state index in [0.29, 0.717) is 28.0 Å². The molecule has 2 heterocycles. The van der Waals surface area contributed by atoms with Gasteiger partial charge < -0.3 is 5.32 Å². The molecule has 0 aliphatic carbocycles. The summed E-state index contributed by atoms with van der Waals surface area (Å²) in [5.74, 6) is -0.387. The van der Waals surface area contributed by atoms with E-state index in [9.17, 15) is 9.59 Å². The third-order valence-corrected chi connectivity index (χ3v) is 4.99. The van der Waals surface area contributed by atoms with Crippen molar-refractivity contribution in [1.29, 1.82) is 5.26 Å². The van der Waals surface area contributed by atoms with Gasteiger partial charge in [-0.15, -0.1) is 0 Å². The van der Waals surface area contributed by atoms with Crippen LogP contribution in [0.5, 0.6) is 0 Å². The summed E-state index contributed by atoms with van der Waals surface area (Å²) in [6.45, 7) is 3.48. The highest BCUT2D eigenvalue weighted by Crippen LogP contribution is 2.30. The van der Waals surface area contributed by atoms with Crippen LogP contribution >= 0.6 is 0 Å². The van der Waals surface area contributed by atoms with Gasteiger partial charge in [0.25, 0.3) is 5.91 Å². The van der Waals surface area contributed by atoms with Gasteiger partial charge in [-0.3, -0.25) is 9.69 Å². The van der Waals surface area contributed by atoms with Crippen LogP contribution in [0.4, 0.5) is 4.79 Å². The van der Waals surface area contributed by atoms with E-state index in [2.05, 4.69) is 21.4 Å². The predicted molar refractivity (Wildman–Crippen MR) is 102 cm³/mol. The number of aromatic nitrogens is 2. The standard InChI is InChI=1S/C21H17N5O2/c1-13-18(24-17-9-4-3-8-16(17)23-13)12-26-19(27)21(2,25-20(26)28)15-7-5-6-14(10-15)11-22/h3-10H,12H2,1-2H3,(H,25,28)/t21-/m0/s1. The first-order valence-electron chi connectivity index (χ1n) is 8.79. The second-order valence-electron chi connectivity index (χ2n) is 6.88. The maximum Gasteiger partial charge on any atom is 0.325 e. The Balaban J connectivity index is 1.68. The number of carbonyl (C=O) groups excluding carboxylic acids is 2. The first-order valence-corrected chi connectivity index (χ1v) is 8.79. The molecule has 3 amide bonds. The highest BCUT2D eigenvalue weighted by Gasteiger charge is 2.49. The van der Waals surface area contributed by atoms with Gasteiger partial charge in [-0.25, -0.2) is 14.8 Å². The van der Waals surface area contributed by atoms with Crippen LogP contribution in [0, 0.1) is 18.3 Å². The number of benzene rings is 2. The van der Waals surface area contributed by atoms with E-state index in [0.717, 1.165) is 10.4 Å². The summed E-state index contributed by atoms with van der Waals surface area (Å²) in [6.07, 6.45) is 0. The molecule has 7 heteroatoms. The molecule has 1 saturated heterocycles. The molecule has 1 aromatic heterocycles. The fourth-order valence-electron chi connectivity index (χ4n) is 3.36. The van der Waals surface area contributed by atoms with Crippen LogP contribution in [0.1, 0.15) is 29.4 Å². The Morgan fingerprint density at radius 3 is 2.54 bits per heavy atom. The lowest BCUT2D eigenvalue weighted by Gasteiger charge is -2.22. The Bertz CT molecular complexity index is 1170. The molecule has 2 aromatic carbocycles. The van der Waals surface area contributed by atoms with Gasteiger partial charge in [-0.2, -0.15) is 5.26 Å². The summed E-state index contributed by atoms with van der Waals surface area (Å²) in [5, 5.41) is 11.9. The van der Waals surface area contributed by atoms with E-state index >= 15 is 0 Å². The summed E-state index contributed by atoms with van der Waals surface area (Å²) in [7, 11) is 0. The lowest BCUT2D eigenvalue weighted by atomic mass is 9.91. The fourth-order valence-corrected chi connectivity index (χ4v) is 3.36. The van der Waals surface area contributed by atoms with Crippen LogP contribution in [0.2, 0.25) is 0 Å². The summed E-state index contributed by atoms with van der Waals surface area (Å²) >= 11 is 0. The average Bonchev–Trinajstić information content (AvgIpc) is 2.92. The number of amides is 3. The van der Waals surface area contributed by atoms with Crippen LogP contribution in [0.15, 0.2) is 48.5 Å². The van der Waals surface area contributed by atoms with Crippen LogP contribution in [0.25, 0.3) is 11.0 Å². The Morgan fingerprint density at radius 1 is 1.11 bits per heavy atom.